The topological polar surface area (TPSA) is 81.6 Å². The third-order valence-corrected chi connectivity index (χ3v) is 4.40. The summed E-state index contributed by atoms with van der Waals surface area (Å²) in [4.78, 5) is 27.7. The van der Waals surface area contributed by atoms with Gasteiger partial charge < -0.3 is 15.2 Å². The summed E-state index contributed by atoms with van der Waals surface area (Å²) in [7, 11) is 0. The van der Waals surface area contributed by atoms with Crippen molar-refractivity contribution >= 4 is 40.6 Å². The van der Waals surface area contributed by atoms with E-state index in [4.69, 9.17) is 0 Å². The number of nitrogens with one attached hydrogen (secondary N) is 1. The summed E-state index contributed by atoms with van der Waals surface area (Å²) < 4.78 is 12.9. The number of amides is 1. The van der Waals surface area contributed by atoms with E-state index in [0.29, 0.717) is 21.3 Å². The number of aromatic carboxylic acids is 1. The normalized spacial score (nSPS) is 17.1. The third-order valence-electron chi connectivity index (χ3n) is 3.49. The lowest BCUT2D eigenvalue weighted by Crippen LogP contribution is -2.22. The van der Waals surface area contributed by atoms with Crippen molar-refractivity contribution in [2.45, 2.75) is 6.92 Å². The minimum Gasteiger partial charge on any atom is -0.545 e. The zero-order valence-corrected chi connectivity index (χ0v) is 13.9. The molecule has 0 aromatic heterocycles. The van der Waals surface area contributed by atoms with Gasteiger partial charge in [-0.25, -0.2) is 9.38 Å². The number of nitrogens with zero attached hydrogens (tertiary/aromatic N) is 1. The fourth-order valence-electron chi connectivity index (χ4n) is 2.16. The second kappa shape index (κ2) is 6.90. The Morgan fingerprint density at radius 1 is 1.24 bits per heavy atom. The van der Waals surface area contributed by atoms with Crippen molar-refractivity contribution in [3.8, 4) is 0 Å². The fraction of sp³-hybridized carbons (Fsp3) is 0.0556. The Morgan fingerprint density at radius 2 is 1.96 bits per heavy atom. The van der Waals surface area contributed by atoms with E-state index < -0.39 is 5.97 Å². The Labute approximate surface area is 147 Å². The summed E-state index contributed by atoms with van der Waals surface area (Å²) in [5, 5.41) is 13.9. The van der Waals surface area contributed by atoms with E-state index >= 15 is 0 Å². The summed E-state index contributed by atoms with van der Waals surface area (Å²) in [6, 6.07) is 10.2. The first-order valence-corrected chi connectivity index (χ1v) is 8.11. The number of carboxylic acids is 1. The molecule has 1 aliphatic rings. The molecule has 7 heteroatoms. The van der Waals surface area contributed by atoms with Crippen LogP contribution in [0.2, 0.25) is 0 Å². The zero-order valence-electron chi connectivity index (χ0n) is 13.1. The van der Waals surface area contributed by atoms with Crippen molar-refractivity contribution < 1.29 is 19.1 Å². The average Bonchev–Trinajstić information content (AvgIpc) is 2.91. The predicted molar refractivity (Wildman–Crippen MR) is 92.7 cm³/mol. The van der Waals surface area contributed by atoms with Crippen molar-refractivity contribution in [1.29, 1.82) is 0 Å². The van der Waals surface area contributed by atoms with Crippen LogP contribution in [0.4, 0.5) is 10.1 Å². The van der Waals surface area contributed by atoms with Crippen LogP contribution in [0.15, 0.2) is 52.4 Å². The number of aliphatic imine (C=N–C) groups is 1. The molecular formula is C18H12FN2O3S-. The average molecular weight is 355 g/mol. The van der Waals surface area contributed by atoms with Gasteiger partial charge in [0.15, 0.2) is 5.17 Å². The Balaban J connectivity index is 1.87. The number of carboxylic acid groups (broad SMARTS) is 1. The van der Waals surface area contributed by atoms with Crippen LogP contribution in [0.1, 0.15) is 21.5 Å². The number of aryl methyl sites for hydroxylation is 1. The maximum Gasteiger partial charge on any atom is 0.264 e. The molecule has 2 aromatic rings. The van der Waals surface area contributed by atoms with Gasteiger partial charge in [-0.15, -0.1) is 0 Å². The highest BCUT2D eigenvalue weighted by Gasteiger charge is 2.24. The van der Waals surface area contributed by atoms with Crippen LogP contribution >= 0.6 is 11.8 Å². The highest BCUT2D eigenvalue weighted by molar-refractivity contribution is 8.18. The number of hydrogen-bond donors (Lipinski definition) is 1. The summed E-state index contributed by atoms with van der Waals surface area (Å²) >= 11 is 1.13. The van der Waals surface area contributed by atoms with Crippen LogP contribution in [0.5, 0.6) is 0 Å². The lowest BCUT2D eigenvalue weighted by molar-refractivity contribution is -0.255. The number of rotatable bonds is 3. The molecule has 3 rings (SSSR count). The number of carbonyl (C=O) groups is 2. The molecule has 1 fully saturated rings. The molecule has 0 spiro atoms. The van der Waals surface area contributed by atoms with Crippen LogP contribution < -0.4 is 10.4 Å². The van der Waals surface area contributed by atoms with E-state index in [2.05, 4.69) is 10.3 Å². The van der Waals surface area contributed by atoms with Gasteiger partial charge in [0.25, 0.3) is 5.91 Å². The minimum absolute atomic E-state index is 0.0151. The molecule has 25 heavy (non-hydrogen) atoms. The Hall–Kier alpha value is -2.93. The van der Waals surface area contributed by atoms with Gasteiger partial charge >= 0.3 is 0 Å². The summed E-state index contributed by atoms with van der Waals surface area (Å²) in [5.74, 6) is -1.96. The first-order chi connectivity index (χ1) is 11.9. The standard InChI is InChI=1S/C18H13FN2O3S/c1-10-2-5-12(17(23)24)9-14(10)20-18-21-16(22)15(25-18)8-11-3-6-13(19)7-4-11/h2-9H,1H3,(H,23,24)(H,20,21,22)/p-1/b15-8-. The van der Waals surface area contributed by atoms with E-state index in [1.54, 1.807) is 31.2 Å². The van der Waals surface area contributed by atoms with Crippen molar-refractivity contribution in [2.24, 2.45) is 4.99 Å². The molecule has 1 amide bonds. The molecule has 0 radical (unpaired) electrons. The van der Waals surface area contributed by atoms with Gasteiger partial charge in [0.2, 0.25) is 0 Å². The summed E-state index contributed by atoms with van der Waals surface area (Å²) in [6.45, 7) is 1.79. The molecule has 0 saturated carbocycles. The Kier molecular flexibility index (Phi) is 4.67. The van der Waals surface area contributed by atoms with E-state index in [0.717, 1.165) is 17.3 Å². The van der Waals surface area contributed by atoms with Gasteiger partial charge in [-0.3, -0.25) is 4.79 Å². The Morgan fingerprint density at radius 3 is 2.64 bits per heavy atom. The highest BCUT2D eigenvalue weighted by atomic mass is 32.2. The first-order valence-electron chi connectivity index (χ1n) is 7.29. The molecule has 0 unspecified atom stereocenters. The van der Waals surface area contributed by atoms with Crippen LogP contribution in [0.25, 0.3) is 6.08 Å². The lowest BCUT2D eigenvalue weighted by Gasteiger charge is -2.06. The second-order valence-electron chi connectivity index (χ2n) is 5.32. The minimum atomic E-state index is -1.29. The maximum absolute atomic E-state index is 12.9. The van der Waals surface area contributed by atoms with Crippen molar-refractivity contribution in [3.63, 3.8) is 0 Å². The SMILES string of the molecule is Cc1ccc(C(=O)[O-])cc1N=C1NC(=O)/C(=C/c2ccc(F)cc2)S1. The molecule has 0 atom stereocenters. The third kappa shape index (κ3) is 3.95. The van der Waals surface area contributed by atoms with Crippen molar-refractivity contribution in [3.05, 3.63) is 69.9 Å². The van der Waals surface area contributed by atoms with Gasteiger partial charge in [-0.1, -0.05) is 24.3 Å². The lowest BCUT2D eigenvalue weighted by atomic mass is 10.1. The van der Waals surface area contributed by atoms with Gasteiger partial charge in [0.05, 0.1) is 16.6 Å². The number of amidine groups is 1. The summed E-state index contributed by atoms with van der Waals surface area (Å²) in [6.07, 6.45) is 1.63. The number of carbonyl (C=O) groups excluding carboxylic acids is 2. The van der Waals surface area contributed by atoms with Gasteiger partial charge in [-0.05, 0) is 59.7 Å². The fourth-order valence-corrected chi connectivity index (χ4v) is 2.99. The number of hydrogen-bond acceptors (Lipinski definition) is 5. The van der Waals surface area contributed by atoms with Gasteiger partial charge in [0.1, 0.15) is 5.82 Å². The molecule has 2 aromatic carbocycles. The molecule has 0 bridgehead atoms. The van der Waals surface area contributed by atoms with Crippen LogP contribution in [0, 0.1) is 12.7 Å². The molecule has 1 aliphatic heterocycles. The van der Waals surface area contributed by atoms with E-state index in [1.165, 1.54) is 24.3 Å². The maximum atomic E-state index is 12.9. The zero-order chi connectivity index (χ0) is 18.0. The molecule has 5 nitrogen and oxygen atoms in total. The number of thioether (sulfide) groups is 1. The van der Waals surface area contributed by atoms with E-state index in [-0.39, 0.29) is 17.3 Å². The second-order valence-corrected chi connectivity index (χ2v) is 6.35. The molecule has 1 saturated heterocycles. The monoisotopic (exact) mass is 355 g/mol. The molecule has 1 N–H and O–H groups in total. The molecule has 1 heterocycles. The van der Waals surface area contributed by atoms with Crippen molar-refractivity contribution in [2.75, 3.05) is 0 Å². The van der Waals surface area contributed by atoms with Gasteiger partial charge in [-0.2, -0.15) is 0 Å². The quantitative estimate of drug-likeness (QED) is 0.857. The van der Waals surface area contributed by atoms with E-state index in [1.807, 2.05) is 0 Å². The summed E-state index contributed by atoms with van der Waals surface area (Å²) in [5.41, 5.74) is 1.91. The largest absolute Gasteiger partial charge is 0.545 e. The number of halogens is 1. The van der Waals surface area contributed by atoms with Crippen molar-refractivity contribution in [1.82, 2.24) is 5.32 Å². The smallest absolute Gasteiger partial charge is 0.264 e. The van der Waals surface area contributed by atoms with E-state index in [9.17, 15) is 19.1 Å². The predicted octanol–water partition coefficient (Wildman–Crippen LogP) is 2.39. The van der Waals surface area contributed by atoms with Gasteiger partial charge in [0, 0.05) is 0 Å². The first kappa shape index (κ1) is 16.9. The molecule has 0 aliphatic carbocycles. The molecular weight excluding hydrogens is 343 g/mol. The van der Waals surface area contributed by atoms with Crippen LogP contribution in [0.3, 0.4) is 0 Å². The van der Waals surface area contributed by atoms with Crippen LogP contribution in [-0.2, 0) is 4.79 Å². The molecule has 126 valence electrons. The Bertz CT molecular complexity index is 920. The highest BCUT2D eigenvalue weighted by Crippen LogP contribution is 2.29. The number of benzene rings is 2. The van der Waals surface area contributed by atoms with Crippen LogP contribution in [-0.4, -0.2) is 17.0 Å².